The van der Waals surface area contributed by atoms with Crippen LogP contribution in [0.5, 0.6) is 0 Å². The summed E-state index contributed by atoms with van der Waals surface area (Å²) >= 11 is 0. The molecular formula is C23H38N2O8. The van der Waals surface area contributed by atoms with Crippen molar-refractivity contribution in [2.24, 2.45) is 0 Å². The topological polar surface area (TPSA) is 118 Å². The van der Waals surface area contributed by atoms with Crippen molar-refractivity contribution in [1.29, 1.82) is 0 Å². The summed E-state index contributed by atoms with van der Waals surface area (Å²) in [6, 6.07) is 8.43. The first-order chi connectivity index (χ1) is 15.8. The van der Waals surface area contributed by atoms with Crippen molar-refractivity contribution in [3.63, 3.8) is 0 Å². The van der Waals surface area contributed by atoms with Crippen LogP contribution in [0.1, 0.15) is 45.2 Å². The number of benzene rings is 1. The molecule has 0 fully saturated rings. The Balaban J connectivity index is 2.40. The fourth-order valence-electron chi connectivity index (χ4n) is 2.78. The highest BCUT2D eigenvalue weighted by Gasteiger charge is 2.15. The van der Waals surface area contributed by atoms with Gasteiger partial charge in [0.1, 0.15) is 19.3 Å². The molecule has 0 spiro atoms. The van der Waals surface area contributed by atoms with Crippen molar-refractivity contribution in [3.05, 3.63) is 45.5 Å². The summed E-state index contributed by atoms with van der Waals surface area (Å²) in [6.45, 7) is 9.66. The molecule has 0 amide bonds. The summed E-state index contributed by atoms with van der Waals surface area (Å²) in [5, 5.41) is 12.5. The van der Waals surface area contributed by atoms with Crippen molar-refractivity contribution in [1.82, 2.24) is 5.32 Å². The van der Waals surface area contributed by atoms with Crippen molar-refractivity contribution >= 4 is 5.97 Å². The fourth-order valence-corrected chi connectivity index (χ4v) is 2.78. The lowest BCUT2D eigenvalue weighted by Crippen LogP contribution is -2.36. The second-order valence-corrected chi connectivity index (χ2v) is 8.11. The van der Waals surface area contributed by atoms with Crippen LogP contribution < -0.4 is 5.32 Å². The van der Waals surface area contributed by atoms with E-state index in [1.165, 1.54) is 0 Å². The average molecular weight is 471 g/mol. The highest BCUT2D eigenvalue weighted by Crippen LogP contribution is 2.11. The summed E-state index contributed by atoms with van der Waals surface area (Å²) in [5.74, 6) is -0.513. The molecule has 0 saturated heterocycles. The van der Waals surface area contributed by atoms with E-state index < -0.39 is 11.1 Å². The molecule has 1 N–H and O–H groups in total. The Bertz CT molecular complexity index is 667. The van der Waals surface area contributed by atoms with Gasteiger partial charge in [-0.15, -0.1) is 10.1 Å². The summed E-state index contributed by atoms with van der Waals surface area (Å²) in [4.78, 5) is 26.3. The predicted molar refractivity (Wildman–Crippen MR) is 122 cm³/mol. The van der Waals surface area contributed by atoms with Gasteiger partial charge in [-0.1, -0.05) is 38.1 Å². The number of aryl methyl sites for hydroxylation is 1. The van der Waals surface area contributed by atoms with Crippen molar-refractivity contribution < 1.29 is 33.7 Å². The number of rotatable bonds is 19. The standard InChI is InChI=1S/C23H38N2O8/c1-18(2)24-15-22(33-23(26)17-30-12-14-32-25(27)28)10-9-20-5-7-21(8-6-20)16-29-11-13-31-19(3)4/h5-8,18-19,22,24H,9-17H2,1-4H3. The molecular weight excluding hydrogens is 432 g/mol. The molecule has 0 bridgehead atoms. The zero-order valence-electron chi connectivity index (χ0n) is 20.1. The van der Waals surface area contributed by atoms with Crippen LogP contribution in [0.3, 0.4) is 0 Å². The average Bonchev–Trinajstić information content (AvgIpc) is 2.75. The minimum absolute atomic E-state index is 0.0637. The third kappa shape index (κ3) is 16.1. The van der Waals surface area contributed by atoms with E-state index in [4.69, 9.17) is 18.9 Å². The molecule has 1 rings (SSSR count). The summed E-state index contributed by atoms with van der Waals surface area (Å²) in [5.41, 5.74) is 2.23. The highest BCUT2D eigenvalue weighted by atomic mass is 17.0. The Morgan fingerprint density at radius 3 is 2.30 bits per heavy atom. The van der Waals surface area contributed by atoms with Crippen molar-refractivity contribution in [2.45, 2.75) is 65.4 Å². The summed E-state index contributed by atoms with van der Waals surface area (Å²) in [7, 11) is 0. The largest absolute Gasteiger partial charge is 0.459 e. The molecule has 1 atom stereocenters. The van der Waals surface area contributed by atoms with Gasteiger partial charge in [-0.3, -0.25) is 0 Å². The molecule has 1 unspecified atom stereocenters. The van der Waals surface area contributed by atoms with Crippen LogP contribution in [0.25, 0.3) is 0 Å². The van der Waals surface area contributed by atoms with E-state index in [1.807, 2.05) is 39.8 Å². The number of ether oxygens (including phenoxy) is 4. The Morgan fingerprint density at radius 2 is 1.67 bits per heavy atom. The molecule has 10 nitrogen and oxygen atoms in total. The molecule has 0 aliphatic carbocycles. The zero-order valence-corrected chi connectivity index (χ0v) is 20.1. The number of hydrogen-bond acceptors (Lipinski definition) is 9. The molecule has 0 radical (unpaired) electrons. The van der Waals surface area contributed by atoms with Gasteiger partial charge < -0.3 is 29.1 Å². The monoisotopic (exact) mass is 470 g/mol. The molecule has 188 valence electrons. The quantitative estimate of drug-likeness (QED) is 0.141. The first-order valence-electron chi connectivity index (χ1n) is 11.3. The normalized spacial score (nSPS) is 12.2. The number of esters is 1. The second kappa shape index (κ2) is 17.2. The van der Waals surface area contributed by atoms with Gasteiger partial charge in [0.15, 0.2) is 0 Å². The van der Waals surface area contributed by atoms with E-state index in [2.05, 4.69) is 22.3 Å². The number of carbonyl (C=O) groups is 1. The van der Waals surface area contributed by atoms with Crippen molar-refractivity contribution in [2.75, 3.05) is 39.6 Å². The Kier molecular flexibility index (Phi) is 15.0. The number of nitrogens with one attached hydrogen (secondary N) is 1. The van der Waals surface area contributed by atoms with Crippen LogP contribution in [0, 0.1) is 10.1 Å². The van der Waals surface area contributed by atoms with Gasteiger partial charge in [0, 0.05) is 12.6 Å². The Labute approximate surface area is 196 Å². The minimum Gasteiger partial charge on any atom is -0.459 e. The highest BCUT2D eigenvalue weighted by molar-refractivity contribution is 5.70. The van der Waals surface area contributed by atoms with Crippen LogP contribution in [-0.4, -0.2) is 68.9 Å². The first kappa shape index (κ1) is 28.8. The zero-order chi connectivity index (χ0) is 24.5. The van der Waals surface area contributed by atoms with Gasteiger partial charge in [0.2, 0.25) is 0 Å². The Morgan fingerprint density at radius 1 is 1.00 bits per heavy atom. The number of hydrogen-bond donors (Lipinski definition) is 1. The van der Waals surface area contributed by atoms with Gasteiger partial charge in [-0.05, 0) is 37.8 Å². The number of carbonyl (C=O) groups excluding carboxylic acids is 1. The molecule has 0 aliphatic heterocycles. The SMILES string of the molecule is CC(C)NCC(CCc1ccc(COCCOC(C)C)cc1)OC(=O)COCCO[N+](=O)[O-]. The van der Waals surface area contributed by atoms with Gasteiger partial charge in [-0.2, -0.15) is 0 Å². The lowest BCUT2D eigenvalue weighted by atomic mass is 10.0. The smallest absolute Gasteiger partial charge is 0.332 e. The summed E-state index contributed by atoms with van der Waals surface area (Å²) < 4.78 is 21.7. The van der Waals surface area contributed by atoms with E-state index in [1.54, 1.807) is 0 Å². The van der Waals surface area contributed by atoms with Crippen LogP contribution in [0.15, 0.2) is 24.3 Å². The molecule has 33 heavy (non-hydrogen) atoms. The predicted octanol–water partition coefficient (Wildman–Crippen LogP) is 2.70. The molecule has 0 aliphatic rings. The van der Waals surface area contributed by atoms with Gasteiger partial charge >= 0.3 is 5.97 Å². The third-order valence-electron chi connectivity index (χ3n) is 4.42. The van der Waals surface area contributed by atoms with Crippen LogP contribution in [-0.2, 0) is 41.6 Å². The molecule has 1 aromatic carbocycles. The molecule has 0 heterocycles. The minimum atomic E-state index is -0.905. The third-order valence-corrected chi connectivity index (χ3v) is 4.42. The van der Waals surface area contributed by atoms with E-state index in [9.17, 15) is 14.9 Å². The van der Waals surface area contributed by atoms with E-state index in [0.717, 1.165) is 17.5 Å². The maximum atomic E-state index is 12.1. The Hall–Kier alpha value is -2.27. The van der Waals surface area contributed by atoms with E-state index >= 15 is 0 Å². The van der Waals surface area contributed by atoms with Crippen molar-refractivity contribution in [3.8, 4) is 0 Å². The van der Waals surface area contributed by atoms with Crippen LogP contribution in [0.4, 0.5) is 0 Å². The second-order valence-electron chi connectivity index (χ2n) is 8.11. The van der Waals surface area contributed by atoms with Gasteiger partial charge in [0.05, 0.1) is 32.5 Å². The molecule has 0 saturated carbocycles. The lowest BCUT2D eigenvalue weighted by Gasteiger charge is -2.20. The lowest BCUT2D eigenvalue weighted by molar-refractivity contribution is -0.758. The van der Waals surface area contributed by atoms with Gasteiger partial charge in [-0.25, -0.2) is 4.79 Å². The van der Waals surface area contributed by atoms with E-state index in [-0.39, 0.29) is 38.1 Å². The van der Waals surface area contributed by atoms with Crippen LogP contribution in [0.2, 0.25) is 0 Å². The van der Waals surface area contributed by atoms with Gasteiger partial charge in [0.25, 0.3) is 5.09 Å². The molecule has 0 aromatic heterocycles. The molecule has 1 aromatic rings. The van der Waals surface area contributed by atoms with E-state index in [0.29, 0.717) is 32.8 Å². The van der Waals surface area contributed by atoms with Crippen LogP contribution >= 0.6 is 0 Å². The first-order valence-corrected chi connectivity index (χ1v) is 11.3. The fraction of sp³-hybridized carbons (Fsp3) is 0.696. The summed E-state index contributed by atoms with van der Waals surface area (Å²) in [6.07, 6.45) is 1.29. The maximum absolute atomic E-state index is 12.1. The number of nitrogens with zero attached hydrogens (tertiary/aromatic N) is 1. The molecule has 10 heteroatoms. The maximum Gasteiger partial charge on any atom is 0.332 e.